The lowest BCUT2D eigenvalue weighted by atomic mass is 9.95. The Balaban J connectivity index is 3.76. The fraction of sp³-hybridized carbons (Fsp3) is 0.857. The second-order valence-corrected chi connectivity index (χ2v) is 5.85. The van der Waals surface area contributed by atoms with Crippen molar-refractivity contribution in [1.29, 1.82) is 0 Å². The van der Waals surface area contributed by atoms with E-state index in [4.69, 9.17) is 4.74 Å². The molecule has 0 rings (SSSR count). The minimum atomic E-state index is -0.0574. The zero-order valence-electron chi connectivity index (χ0n) is 12.3. The van der Waals surface area contributed by atoms with E-state index < -0.39 is 0 Å². The van der Waals surface area contributed by atoms with Crippen LogP contribution in [0.15, 0.2) is 0 Å². The van der Waals surface area contributed by atoms with E-state index in [1.807, 2.05) is 27.7 Å². The molecule has 0 radical (unpaired) electrons. The molecule has 0 bridgehead atoms. The maximum absolute atomic E-state index is 11.6. The van der Waals surface area contributed by atoms with Gasteiger partial charge in [-0.3, -0.25) is 9.59 Å². The summed E-state index contributed by atoms with van der Waals surface area (Å²) in [5, 5.41) is 2.88. The van der Waals surface area contributed by atoms with Gasteiger partial charge in [0.15, 0.2) is 0 Å². The summed E-state index contributed by atoms with van der Waals surface area (Å²) in [5.74, 6) is 0.298. The summed E-state index contributed by atoms with van der Waals surface area (Å²) in [6, 6.07) is 0. The Morgan fingerprint density at radius 3 is 2.33 bits per heavy atom. The molecule has 0 unspecified atom stereocenters. The topological polar surface area (TPSA) is 55.4 Å². The number of Topliss-reactive ketones (excluding diaryl/α,β-unsaturated/α-hetero) is 1. The van der Waals surface area contributed by atoms with Gasteiger partial charge in [0.25, 0.3) is 0 Å². The second kappa shape index (κ2) is 8.25. The Morgan fingerprint density at radius 1 is 1.22 bits per heavy atom. The van der Waals surface area contributed by atoms with Gasteiger partial charge >= 0.3 is 0 Å². The number of amides is 1. The Bertz CT molecular complexity index is 272. The van der Waals surface area contributed by atoms with Crippen LogP contribution >= 0.6 is 0 Å². The van der Waals surface area contributed by atoms with Crippen molar-refractivity contribution in [2.45, 2.75) is 47.0 Å². The molecule has 0 heterocycles. The van der Waals surface area contributed by atoms with Crippen LogP contribution in [0.1, 0.15) is 47.0 Å². The van der Waals surface area contributed by atoms with E-state index in [2.05, 4.69) is 5.32 Å². The number of carbonyl (C=O) groups excluding carboxylic acids is 2. The molecule has 0 aromatic rings. The van der Waals surface area contributed by atoms with Gasteiger partial charge in [-0.25, -0.2) is 0 Å². The number of carbonyl (C=O) groups is 2. The summed E-state index contributed by atoms with van der Waals surface area (Å²) < 4.78 is 5.08. The molecule has 0 aromatic carbocycles. The zero-order valence-corrected chi connectivity index (χ0v) is 12.3. The van der Waals surface area contributed by atoms with Gasteiger partial charge in [0.1, 0.15) is 5.78 Å². The van der Waals surface area contributed by atoms with Gasteiger partial charge in [0.2, 0.25) is 5.91 Å². The normalized spacial score (nSPS) is 11.7. The molecule has 0 aliphatic heterocycles. The fourth-order valence-electron chi connectivity index (χ4n) is 1.58. The molecule has 0 aliphatic rings. The van der Waals surface area contributed by atoms with Crippen molar-refractivity contribution in [3.63, 3.8) is 0 Å². The lowest BCUT2D eigenvalue weighted by Crippen LogP contribution is -2.36. The third kappa shape index (κ3) is 8.23. The SMILES string of the molecule is COCC(C)(C)CNC(=O)CCCC(=O)C(C)C. The van der Waals surface area contributed by atoms with Crippen LogP contribution in [0.5, 0.6) is 0 Å². The molecule has 18 heavy (non-hydrogen) atoms. The number of ether oxygens (including phenoxy) is 1. The van der Waals surface area contributed by atoms with Crippen LogP contribution in [0.4, 0.5) is 0 Å². The molecule has 0 saturated heterocycles. The number of hydrogen-bond acceptors (Lipinski definition) is 3. The van der Waals surface area contributed by atoms with Crippen LogP contribution in [0.2, 0.25) is 0 Å². The first-order chi connectivity index (χ1) is 8.28. The van der Waals surface area contributed by atoms with Gasteiger partial charge in [-0.05, 0) is 6.42 Å². The van der Waals surface area contributed by atoms with Crippen molar-refractivity contribution in [2.75, 3.05) is 20.3 Å². The van der Waals surface area contributed by atoms with E-state index in [1.165, 1.54) is 0 Å². The first-order valence-electron chi connectivity index (χ1n) is 6.57. The highest BCUT2D eigenvalue weighted by Gasteiger charge is 2.18. The van der Waals surface area contributed by atoms with Gasteiger partial charge in [0.05, 0.1) is 6.61 Å². The summed E-state index contributed by atoms with van der Waals surface area (Å²) in [5.41, 5.74) is -0.0574. The molecule has 106 valence electrons. The zero-order chi connectivity index (χ0) is 14.2. The Kier molecular flexibility index (Phi) is 7.83. The number of ketones is 1. The van der Waals surface area contributed by atoms with Crippen LogP contribution < -0.4 is 5.32 Å². The molecule has 1 N–H and O–H groups in total. The number of nitrogens with one attached hydrogen (secondary N) is 1. The van der Waals surface area contributed by atoms with E-state index in [1.54, 1.807) is 7.11 Å². The fourth-order valence-corrected chi connectivity index (χ4v) is 1.58. The summed E-state index contributed by atoms with van der Waals surface area (Å²) in [4.78, 5) is 23.0. The minimum Gasteiger partial charge on any atom is -0.384 e. The standard InChI is InChI=1S/C14H27NO3/c1-11(2)12(16)7-6-8-13(17)15-9-14(3,4)10-18-5/h11H,6-10H2,1-5H3,(H,15,17). The van der Waals surface area contributed by atoms with E-state index in [0.29, 0.717) is 32.4 Å². The summed E-state index contributed by atoms with van der Waals surface area (Å²) >= 11 is 0. The third-order valence-corrected chi connectivity index (χ3v) is 2.77. The lowest BCUT2D eigenvalue weighted by molar-refractivity contribution is -0.123. The van der Waals surface area contributed by atoms with Crippen molar-refractivity contribution in [3.8, 4) is 0 Å². The monoisotopic (exact) mass is 257 g/mol. The van der Waals surface area contributed by atoms with Gasteiger partial charge in [-0.1, -0.05) is 27.7 Å². The molecule has 0 saturated carbocycles. The summed E-state index contributed by atoms with van der Waals surface area (Å²) in [7, 11) is 1.65. The molecule has 0 aliphatic carbocycles. The van der Waals surface area contributed by atoms with Gasteiger partial charge in [0, 0.05) is 37.8 Å². The van der Waals surface area contributed by atoms with E-state index in [-0.39, 0.29) is 23.0 Å². The highest BCUT2D eigenvalue weighted by Crippen LogP contribution is 2.13. The van der Waals surface area contributed by atoms with Crippen LogP contribution in [0.3, 0.4) is 0 Å². The average Bonchev–Trinajstić information content (AvgIpc) is 2.26. The molecule has 0 atom stereocenters. The first kappa shape index (κ1) is 17.1. The molecular weight excluding hydrogens is 230 g/mol. The highest BCUT2D eigenvalue weighted by atomic mass is 16.5. The minimum absolute atomic E-state index is 0.00994. The van der Waals surface area contributed by atoms with E-state index in [9.17, 15) is 9.59 Å². The van der Waals surface area contributed by atoms with Gasteiger partial charge in [-0.2, -0.15) is 0 Å². The van der Waals surface area contributed by atoms with Crippen molar-refractivity contribution < 1.29 is 14.3 Å². The molecule has 4 heteroatoms. The van der Waals surface area contributed by atoms with E-state index in [0.717, 1.165) is 0 Å². The second-order valence-electron chi connectivity index (χ2n) is 5.85. The molecule has 0 fully saturated rings. The van der Waals surface area contributed by atoms with Crippen molar-refractivity contribution >= 4 is 11.7 Å². The maximum Gasteiger partial charge on any atom is 0.220 e. The summed E-state index contributed by atoms with van der Waals surface area (Å²) in [6.07, 6.45) is 1.54. The average molecular weight is 257 g/mol. The third-order valence-electron chi connectivity index (χ3n) is 2.77. The lowest BCUT2D eigenvalue weighted by Gasteiger charge is -2.23. The number of methoxy groups -OCH3 is 1. The predicted octanol–water partition coefficient (Wildman–Crippen LogP) is 2.17. The van der Waals surface area contributed by atoms with Crippen molar-refractivity contribution in [1.82, 2.24) is 5.32 Å². The van der Waals surface area contributed by atoms with Crippen LogP contribution in [0, 0.1) is 11.3 Å². The van der Waals surface area contributed by atoms with Gasteiger partial charge < -0.3 is 10.1 Å². The number of rotatable bonds is 9. The predicted molar refractivity (Wildman–Crippen MR) is 72.4 cm³/mol. The Hall–Kier alpha value is -0.900. The smallest absolute Gasteiger partial charge is 0.220 e. The van der Waals surface area contributed by atoms with E-state index >= 15 is 0 Å². The Morgan fingerprint density at radius 2 is 1.83 bits per heavy atom. The Labute approximate surface area is 110 Å². The molecular formula is C14H27NO3. The molecule has 1 amide bonds. The van der Waals surface area contributed by atoms with Crippen molar-refractivity contribution in [2.24, 2.45) is 11.3 Å². The van der Waals surface area contributed by atoms with Crippen LogP contribution in [-0.4, -0.2) is 32.0 Å². The molecule has 0 aromatic heterocycles. The highest BCUT2D eigenvalue weighted by molar-refractivity contribution is 5.81. The first-order valence-corrected chi connectivity index (χ1v) is 6.57. The largest absolute Gasteiger partial charge is 0.384 e. The van der Waals surface area contributed by atoms with Crippen LogP contribution in [0.25, 0.3) is 0 Å². The maximum atomic E-state index is 11.6. The van der Waals surface area contributed by atoms with Gasteiger partial charge in [-0.15, -0.1) is 0 Å². The van der Waals surface area contributed by atoms with Crippen molar-refractivity contribution in [3.05, 3.63) is 0 Å². The number of hydrogen-bond donors (Lipinski definition) is 1. The summed E-state index contributed by atoms with van der Waals surface area (Å²) in [6.45, 7) is 9.06. The molecule has 4 nitrogen and oxygen atoms in total. The molecule has 0 spiro atoms. The quantitative estimate of drug-likeness (QED) is 0.688. The van der Waals surface area contributed by atoms with Crippen LogP contribution in [-0.2, 0) is 14.3 Å².